The van der Waals surface area contributed by atoms with E-state index in [0.717, 1.165) is 5.01 Å². The van der Waals surface area contributed by atoms with Crippen LogP contribution in [-0.4, -0.2) is 30.2 Å². The molecule has 1 aliphatic heterocycles. The van der Waals surface area contributed by atoms with Crippen LogP contribution in [0.3, 0.4) is 0 Å². The molecule has 0 atom stereocenters. The molecule has 0 aliphatic carbocycles. The van der Waals surface area contributed by atoms with Crippen molar-refractivity contribution >= 4 is 12.3 Å². The first-order valence-electron chi connectivity index (χ1n) is 5.14. The highest BCUT2D eigenvalue weighted by Gasteiger charge is 2.35. The van der Waals surface area contributed by atoms with Crippen LogP contribution in [0.25, 0.3) is 0 Å². The van der Waals surface area contributed by atoms with Crippen molar-refractivity contribution in [2.24, 2.45) is 5.10 Å². The number of fused-ring (bicyclic) bond motifs is 1. The van der Waals surface area contributed by atoms with E-state index in [-0.39, 0.29) is 12.1 Å². The minimum Gasteiger partial charge on any atom is -0.386 e. The molecule has 1 heterocycles. The maximum atomic E-state index is 12.3. The summed E-state index contributed by atoms with van der Waals surface area (Å²) in [4.78, 5) is 10.7. The third-order valence-electron chi connectivity index (χ3n) is 2.41. The van der Waals surface area contributed by atoms with Gasteiger partial charge in [0.25, 0.3) is 0 Å². The molecule has 0 unspecified atom stereocenters. The molecule has 0 radical (unpaired) electrons. The van der Waals surface area contributed by atoms with Gasteiger partial charge < -0.3 is 4.74 Å². The lowest BCUT2D eigenvalue weighted by Crippen LogP contribution is -2.23. The highest BCUT2D eigenvalue weighted by atomic mass is 19.4. The van der Waals surface area contributed by atoms with E-state index in [1.54, 1.807) is 18.2 Å². The second kappa shape index (κ2) is 4.67. The standard InChI is InChI=1S/C11H9F3N2O2/c12-11(13,14)18-10-9-4-2-1-3-8(9)5-6-16(7-17)15-10/h1-4,7H,5-6H2. The summed E-state index contributed by atoms with van der Waals surface area (Å²) >= 11 is 0. The number of nitrogens with zero attached hydrogens (tertiary/aromatic N) is 2. The van der Waals surface area contributed by atoms with Crippen LogP contribution in [0.1, 0.15) is 11.1 Å². The Bertz CT molecular complexity index is 485. The number of hydrogen-bond donors (Lipinski definition) is 0. The van der Waals surface area contributed by atoms with Crippen LogP contribution in [0.2, 0.25) is 0 Å². The van der Waals surface area contributed by atoms with Gasteiger partial charge in [-0.1, -0.05) is 18.2 Å². The molecule has 1 amide bonds. The van der Waals surface area contributed by atoms with Gasteiger partial charge in [0, 0.05) is 12.1 Å². The van der Waals surface area contributed by atoms with E-state index < -0.39 is 12.3 Å². The molecule has 1 aliphatic rings. The zero-order chi connectivity index (χ0) is 13.2. The maximum Gasteiger partial charge on any atom is 0.574 e. The number of carbonyl (C=O) groups excluding carboxylic acids is 1. The van der Waals surface area contributed by atoms with Crippen molar-refractivity contribution in [1.82, 2.24) is 5.01 Å². The fourth-order valence-corrected chi connectivity index (χ4v) is 1.66. The average molecular weight is 258 g/mol. The fourth-order valence-electron chi connectivity index (χ4n) is 1.66. The molecule has 0 fully saturated rings. The lowest BCUT2D eigenvalue weighted by molar-refractivity contribution is -0.283. The molecule has 1 aromatic carbocycles. The number of hydrogen-bond acceptors (Lipinski definition) is 3. The number of amides is 1. The summed E-state index contributed by atoms with van der Waals surface area (Å²) in [7, 11) is 0. The van der Waals surface area contributed by atoms with Gasteiger partial charge in [-0.3, -0.25) is 4.79 Å². The van der Waals surface area contributed by atoms with Crippen molar-refractivity contribution in [2.45, 2.75) is 12.8 Å². The molecule has 0 bridgehead atoms. The summed E-state index contributed by atoms with van der Waals surface area (Å²) in [6, 6.07) is 6.46. The van der Waals surface area contributed by atoms with Gasteiger partial charge in [-0.15, -0.1) is 18.3 Å². The monoisotopic (exact) mass is 258 g/mol. The summed E-state index contributed by atoms with van der Waals surface area (Å²) in [5, 5.41) is 4.45. The zero-order valence-corrected chi connectivity index (χ0v) is 9.15. The molecule has 7 heteroatoms. The van der Waals surface area contributed by atoms with Crippen LogP contribution in [0.15, 0.2) is 29.4 Å². The summed E-state index contributed by atoms with van der Waals surface area (Å²) in [6.07, 6.45) is -4.06. The van der Waals surface area contributed by atoms with Crippen molar-refractivity contribution in [2.75, 3.05) is 6.54 Å². The van der Waals surface area contributed by atoms with E-state index in [2.05, 4.69) is 9.84 Å². The molecule has 0 spiro atoms. The van der Waals surface area contributed by atoms with Gasteiger partial charge in [-0.25, -0.2) is 5.01 Å². The molecule has 2 rings (SSSR count). The number of hydrazone groups is 1. The van der Waals surface area contributed by atoms with Crippen LogP contribution in [0, 0.1) is 0 Å². The summed E-state index contributed by atoms with van der Waals surface area (Å²) in [6.45, 7) is 0.214. The highest BCUT2D eigenvalue weighted by Crippen LogP contribution is 2.23. The Morgan fingerprint density at radius 2 is 2.06 bits per heavy atom. The third kappa shape index (κ3) is 2.79. The highest BCUT2D eigenvalue weighted by molar-refractivity contribution is 5.96. The molecule has 0 saturated carbocycles. The second-order valence-corrected chi connectivity index (χ2v) is 3.63. The first kappa shape index (κ1) is 12.4. The average Bonchev–Trinajstić information content (AvgIpc) is 2.48. The predicted molar refractivity (Wildman–Crippen MR) is 56.6 cm³/mol. The molecular formula is C11H9F3N2O2. The molecule has 96 valence electrons. The van der Waals surface area contributed by atoms with Crippen molar-refractivity contribution in [1.29, 1.82) is 0 Å². The van der Waals surface area contributed by atoms with Crippen molar-refractivity contribution in [3.8, 4) is 0 Å². The van der Waals surface area contributed by atoms with Gasteiger partial charge in [0.2, 0.25) is 12.3 Å². The largest absolute Gasteiger partial charge is 0.574 e. The Morgan fingerprint density at radius 1 is 1.33 bits per heavy atom. The minimum absolute atomic E-state index is 0.214. The molecule has 0 aromatic heterocycles. The molecule has 0 N–H and O–H groups in total. The maximum absolute atomic E-state index is 12.3. The molecule has 4 nitrogen and oxygen atoms in total. The lowest BCUT2D eigenvalue weighted by Gasteiger charge is -2.13. The van der Waals surface area contributed by atoms with Crippen LogP contribution >= 0.6 is 0 Å². The van der Waals surface area contributed by atoms with Gasteiger partial charge in [-0.2, -0.15) is 0 Å². The van der Waals surface area contributed by atoms with E-state index in [9.17, 15) is 18.0 Å². The SMILES string of the molecule is O=CN1CCc2ccccc2C(OC(F)(F)F)=N1. The molecule has 0 saturated heterocycles. The Kier molecular flexibility index (Phi) is 3.22. The first-order chi connectivity index (χ1) is 8.49. The first-order valence-corrected chi connectivity index (χ1v) is 5.14. The normalized spacial score (nSPS) is 15.5. The van der Waals surface area contributed by atoms with E-state index in [0.29, 0.717) is 18.4 Å². The second-order valence-electron chi connectivity index (χ2n) is 3.63. The summed E-state index contributed by atoms with van der Waals surface area (Å²) in [5.41, 5.74) is 0.907. The lowest BCUT2D eigenvalue weighted by atomic mass is 10.1. The van der Waals surface area contributed by atoms with Crippen LogP contribution in [0.4, 0.5) is 13.2 Å². The number of carbonyl (C=O) groups is 1. The number of ether oxygens (including phenoxy) is 1. The minimum atomic E-state index is -4.84. The van der Waals surface area contributed by atoms with Crippen LogP contribution in [0.5, 0.6) is 0 Å². The molecule has 18 heavy (non-hydrogen) atoms. The van der Waals surface area contributed by atoms with E-state index in [4.69, 9.17) is 0 Å². The van der Waals surface area contributed by atoms with E-state index in [1.807, 2.05) is 0 Å². The van der Waals surface area contributed by atoms with Crippen LogP contribution in [-0.2, 0) is 16.0 Å². The smallest absolute Gasteiger partial charge is 0.386 e. The van der Waals surface area contributed by atoms with Gasteiger partial charge in [0.1, 0.15) is 0 Å². The van der Waals surface area contributed by atoms with Gasteiger partial charge in [-0.05, 0) is 18.1 Å². The van der Waals surface area contributed by atoms with Gasteiger partial charge in [0.05, 0.1) is 0 Å². The zero-order valence-electron chi connectivity index (χ0n) is 9.15. The Balaban J connectivity index is 2.42. The molecular weight excluding hydrogens is 249 g/mol. The number of benzene rings is 1. The fraction of sp³-hybridized carbons (Fsp3) is 0.273. The van der Waals surface area contributed by atoms with Gasteiger partial charge in [0.15, 0.2) is 0 Å². The van der Waals surface area contributed by atoms with Gasteiger partial charge >= 0.3 is 6.36 Å². The third-order valence-corrected chi connectivity index (χ3v) is 2.41. The van der Waals surface area contributed by atoms with E-state index >= 15 is 0 Å². The van der Waals surface area contributed by atoms with Crippen molar-refractivity contribution in [3.05, 3.63) is 35.4 Å². The Morgan fingerprint density at radius 3 is 2.72 bits per heavy atom. The number of rotatable bonds is 1. The van der Waals surface area contributed by atoms with Crippen LogP contribution < -0.4 is 0 Å². The topological polar surface area (TPSA) is 41.9 Å². The Labute approximate surface area is 101 Å². The van der Waals surface area contributed by atoms with E-state index in [1.165, 1.54) is 6.07 Å². The van der Waals surface area contributed by atoms with Crippen molar-refractivity contribution < 1.29 is 22.7 Å². The number of alkyl halides is 3. The number of halogens is 3. The van der Waals surface area contributed by atoms with Crippen molar-refractivity contribution in [3.63, 3.8) is 0 Å². The summed E-state index contributed by atoms with van der Waals surface area (Å²) in [5.74, 6) is -0.609. The predicted octanol–water partition coefficient (Wildman–Crippen LogP) is 1.90. The quantitative estimate of drug-likeness (QED) is 0.722. The Hall–Kier alpha value is -2.05. The summed E-state index contributed by atoms with van der Waals surface area (Å²) < 4.78 is 40.7. The molecule has 1 aromatic rings.